The van der Waals surface area contributed by atoms with Crippen molar-refractivity contribution in [1.29, 1.82) is 0 Å². The summed E-state index contributed by atoms with van der Waals surface area (Å²) in [5.41, 5.74) is 0.995. The second-order valence-corrected chi connectivity index (χ2v) is 6.37. The van der Waals surface area contributed by atoms with Gasteiger partial charge in [-0.05, 0) is 24.3 Å². The van der Waals surface area contributed by atoms with Crippen LogP contribution in [0.2, 0.25) is 0 Å². The fourth-order valence-electron chi connectivity index (χ4n) is 2.72. The fourth-order valence-corrected chi connectivity index (χ4v) is 3.58. The van der Waals surface area contributed by atoms with Crippen LogP contribution in [0.5, 0.6) is 0 Å². The van der Waals surface area contributed by atoms with Gasteiger partial charge >= 0.3 is 0 Å². The van der Waals surface area contributed by atoms with Crippen molar-refractivity contribution in [3.8, 4) is 0 Å². The lowest BCUT2D eigenvalue weighted by Gasteiger charge is -2.40. The molecule has 1 aliphatic heterocycles. The van der Waals surface area contributed by atoms with E-state index in [0.717, 1.165) is 42.0 Å². The zero-order chi connectivity index (χ0) is 14.8. The Morgan fingerprint density at radius 3 is 2.90 bits per heavy atom. The van der Waals surface area contributed by atoms with Gasteiger partial charge in [-0.2, -0.15) is 0 Å². The first-order valence-electron chi connectivity index (χ1n) is 7.46. The van der Waals surface area contributed by atoms with Crippen LogP contribution < -0.4 is 10.2 Å². The molecular weight excluding hydrogens is 284 g/mol. The van der Waals surface area contributed by atoms with Gasteiger partial charge in [0.25, 0.3) is 0 Å². The predicted molar refractivity (Wildman–Crippen MR) is 85.6 cm³/mol. The molecule has 1 saturated heterocycles. The number of amides is 1. The molecule has 5 nitrogen and oxygen atoms in total. The van der Waals surface area contributed by atoms with Crippen LogP contribution >= 0.6 is 11.3 Å². The van der Waals surface area contributed by atoms with Gasteiger partial charge in [0, 0.05) is 19.0 Å². The number of fused-ring (bicyclic) bond motifs is 1. The molecular formula is C15H20N4OS. The number of hydrogen-bond acceptors (Lipinski definition) is 5. The average molecular weight is 304 g/mol. The van der Waals surface area contributed by atoms with E-state index < -0.39 is 0 Å². The quantitative estimate of drug-likeness (QED) is 0.921. The topological polar surface area (TPSA) is 58.1 Å². The van der Waals surface area contributed by atoms with E-state index in [-0.39, 0.29) is 17.9 Å². The van der Waals surface area contributed by atoms with Crippen LogP contribution in [0.3, 0.4) is 0 Å². The van der Waals surface area contributed by atoms with Gasteiger partial charge in [-0.15, -0.1) is 11.3 Å². The standard InChI is InChI=1S/C15H20N4OS/c1-3-10(4-2)15(20)18-11-7-19(8-11)14-13-12(5-6-21-13)16-9-17-14/h5-6,9-11H,3-4,7-8H2,1-2H3,(H,18,20). The molecule has 2 aromatic heterocycles. The number of hydrogen-bond donors (Lipinski definition) is 1. The van der Waals surface area contributed by atoms with Crippen molar-refractivity contribution in [2.45, 2.75) is 32.7 Å². The van der Waals surface area contributed by atoms with Gasteiger partial charge in [-0.3, -0.25) is 4.79 Å². The lowest BCUT2D eigenvalue weighted by Crippen LogP contribution is -2.60. The molecule has 0 saturated carbocycles. The number of rotatable bonds is 5. The second-order valence-electron chi connectivity index (χ2n) is 5.46. The summed E-state index contributed by atoms with van der Waals surface area (Å²) in [5, 5.41) is 5.18. The molecule has 0 atom stereocenters. The number of nitrogens with zero attached hydrogens (tertiary/aromatic N) is 3. The molecule has 1 amide bonds. The van der Waals surface area contributed by atoms with Crippen molar-refractivity contribution in [2.75, 3.05) is 18.0 Å². The Morgan fingerprint density at radius 1 is 1.43 bits per heavy atom. The summed E-state index contributed by atoms with van der Waals surface area (Å²) < 4.78 is 1.13. The van der Waals surface area contributed by atoms with E-state index in [9.17, 15) is 4.79 Å². The van der Waals surface area contributed by atoms with Crippen LogP contribution in [-0.2, 0) is 4.79 Å². The maximum atomic E-state index is 12.1. The lowest BCUT2D eigenvalue weighted by molar-refractivity contribution is -0.126. The zero-order valence-electron chi connectivity index (χ0n) is 12.4. The van der Waals surface area contributed by atoms with Crippen molar-refractivity contribution >= 4 is 33.3 Å². The Hall–Kier alpha value is -1.69. The molecule has 0 aliphatic carbocycles. The van der Waals surface area contributed by atoms with E-state index in [0.29, 0.717) is 0 Å². The number of thiophene rings is 1. The van der Waals surface area contributed by atoms with Crippen LogP contribution in [0.4, 0.5) is 5.82 Å². The number of anilines is 1. The minimum Gasteiger partial charge on any atom is -0.351 e. The first kappa shape index (κ1) is 14.3. The SMILES string of the molecule is CCC(CC)C(=O)NC1CN(c2ncnc3ccsc23)C1. The Morgan fingerprint density at radius 2 is 2.19 bits per heavy atom. The highest BCUT2D eigenvalue weighted by Gasteiger charge is 2.31. The van der Waals surface area contributed by atoms with Gasteiger partial charge in [0.1, 0.15) is 12.1 Å². The normalized spacial score (nSPS) is 15.5. The molecule has 0 bridgehead atoms. The third-order valence-electron chi connectivity index (χ3n) is 4.11. The Balaban J connectivity index is 1.61. The van der Waals surface area contributed by atoms with Gasteiger partial charge in [-0.25, -0.2) is 9.97 Å². The summed E-state index contributed by atoms with van der Waals surface area (Å²) in [6, 6.07) is 2.25. The van der Waals surface area contributed by atoms with Crippen molar-refractivity contribution in [3.05, 3.63) is 17.8 Å². The molecule has 0 aromatic carbocycles. The maximum absolute atomic E-state index is 12.1. The van der Waals surface area contributed by atoms with Gasteiger partial charge in [0.05, 0.1) is 16.3 Å². The molecule has 21 heavy (non-hydrogen) atoms. The number of carbonyl (C=O) groups excluding carboxylic acids is 1. The molecule has 3 heterocycles. The smallest absolute Gasteiger partial charge is 0.223 e. The number of nitrogens with one attached hydrogen (secondary N) is 1. The highest BCUT2D eigenvalue weighted by molar-refractivity contribution is 7.17. The first-order chi connectivity index (χ1) is 10.2. The van der Waals surface area contributed by atoms with Crippen LogP contribution in [0, 0.1) is 5.92 Å². The van der Waals surface area contributed by atoms with Crippen molar-refractivity contribution in [3.63, 3.8) is 0 Å². The molecule has 1 aliphatic rings. The molecule has 2 aromatic rings. The molecule has 3 rings (SSSR count). The average Bonchev–Trinajstić information content (AvgIpc) is 2.92. The van der Waals surface area contributed by atoms with E-state index in [1.54, 1.807) is 17.7 Å². The van der Waals surface area contributed by atoms with E-state index in [1.165, 1.54) is 0 Å². The van der Waals surface area contributed by atoms with Crippen LogP contribution in [0.1, 0.15) is 26.7 Å². The lowest BCUT2D eigenvalue weighted by atomic mass is 10.0. The first-order valence-corrected chi connectivity index (χ1v) is 8.34. The maximum Gasteiger partial charge on any atom is 0.223 e. The summed E-state index contributed by atoms with van der Waals surface area (Å²) >= 11 is 1.66. The van der Waals surface area contributed by atoms with Crippen LogP contribution in [0.15, 0.2) is 17.8 Å². The van der Waals surface area contributed by atoms with Crippen molar-refractivity contribution in [1.82, 2.24) is 15.3 Å². The Kier molecular flexibility index (Phi) is 4.05. The third-order valence-corrected chi connectivity index (χ3v) is 5.01. The Labute approximate surface area is 128 Å². The monoisotopic (exact) mass is 304 g/mol. The van der Waals surface area contributed by atoms with Crippen molar-refractivity contribution < 1.29 is 4.79 Å². The zero-order valence-corrected chi connectivity index (χ0v) is 13.2. The van der Waals surface area contributed by atoms with Crippen LogP contribution in [0.25, 0.3) is 10.2 Å². The summed E-state index contributed by atoms with van der Waals surface area (Å²) in [5.74, 6) is 1.32. The van der Waals surface area contributed by atoms with Gasteiger partial charge in [-0.1, -0.05) is 13.8 Å². The molecule has 0 unspecified atom stereocenters. The molecule has 1 N–H and O–H groups in total. The minimum absolute atomic E-state index is 0.141. The summed E-state index contributed by atoms with van der Waals surface area (Å²) in [6.07, 6.45) is 3.42. The fraction of sp³-hybridized carbons (Fsp3) is 0.533. The second kappa shape index (κ2) is 5.97. The van der Waals surface area contributed by atoms with E-state index in [4.69, 9.17) is 0 Å². The van der Waals surface area contributed by atoms with Gasteiger partial charge in [0.15, 0.2) is 0 Å². The summed E-state index contributed by atoms with van der Waals surface area (Å²) in [4.78, 5) is 22.9. The van der Waals surface area contributed by atoms with Gasteiger partial charge in [0.2, 0.25) is 5.91 Å². The molecule has 0 radical (unpaired) electrons. The number of carbonyl (C=O) groups is 1. The van der Waals surface area contributed by atoms with Crippen LogP contribution in [-0.4, -0.2) is 35.0 Å². The minimum atomic E-state index is 0.141. The van der Waals surface area contributed by atoms with E-state index in [2.05, 4.69) is 34.0 Å². The highest BCUT2D eigenvalue weighted by Crippen LogP contribution is 2.30. The van der Waals surface area contributed by atoms with E-state index in [1.807, 2.05) is 11.4 Å². The molecule has 0 spiro atoms. The Bertz CT molecular complexity index is 631. The largest absolute Gasteiger partial charge is 0.351 e. The van der Waals surface area contributed by atoms with E-state index >= 15 is 0 Å². The molecule has 1 fully saturated rings. The molecule has 112 valence electrons. The van der Waals surface area contributed by atoms with Gasteiger partial charge < -0.3 is 10.2 Å². The summed E-state index contributed by atoms with van der Waals surface area (Å²) in [7, 11) is 0. The molecule has 6 heteroatoms. The predicted octanol–water partition coefficient (Wildman–Crippen LogP) is 2.43. The highest BCUT2D eigenvalue weighted by atomic mass is 32.1. The number of aromatic nitrogens is 2. The summed E-state index contributed by atoms with van der Waals surface area (Å²) in [6.45, 7) is 5.79. The third kappa shape index (κ3) is 2.72. The van der Waals surface area contributed by atoms with Crippen molar-refractivity contribution in [2.24, 2.45) is 5.92 Å².